The molecule has 0 aromatic carbocycles. The minimum Gasteiger partial charge on any atom is -0.468 e. The Hall–Kier alpha value is -0.650. The zero-order chi connectivity index (χ0) is 14.7. The lowest BCUT2D eigenvalue weighted by Crippen LogP contribution is -2.60. The van der Waals surface area contributed by atoms with Crippen LogP contribution >= 0.6 is 0 Å². The van der Waals surface area contributed by atoms with E-state index >= 15 is 0 Å². The molecule has 0 aromatic rings. The van der Waals surface area contributed by atoms with Crippen LogP contribution in [-0.4, -0.2) is 61.9 Å². The summed E-state index contributed by atoms with van der Waals surface area (Å²) >= 11 is 0. The van der Waals surface area contributed by atoms with Crippen LogP contribution in [-0.2, 0) is 14.3 Å². The van der Waals surface area contributed by atoms with Crippen molar-refractivity contribution >= 4 is 5.97 Å². The number of ether oxygens (including phenoxy) is 2. The van der Waals surface area contributed by atoms with Gasteiger partial charge in [-0.25, -0.2) is 0 Å². The zero-order valence-corrected chi connectivity index (χ0v) is 13.1. The van der Waals surface area contributed by atoms with Gasteiger partial charge in [0.2, 0.25) is 0 Å². The van der Waals surface area contributed by atoms with E-state index in [1.165, 1.54) is 7.11 Å². The molecule has 2 unspecified atom stereocenters. The molecule has 5 heteroatoms. The van der Waals surface area contributed by atoms with Crippen LogP contribution in [0.15, 0.2) is 0 Å². The molecule has 1 N–H and O–H groups in total. The van der Waals surface area contributed by atoms with Gasteiger partial charge in [0.15, 0.2) is 0 Å². The fourth-order valence-corrected chi connectivity index (χ4v) is 2.90. The minimum atomic E-state index is -0.650. The number of methoxy groups -OCH3 is 1. The number of likely N-dealkylation sites (N-methyl/N-ethyl adjacent to an activating group) is 1. The van der Waals surface area contributed by atoms with Gasteiger partial charge in [-0.05, 0) is 41.2 Å². The number of carbonyl (C=O) groups is 1. The molecule has 0 aliphatic carbocycles. The normalized spacial score (nSPS) is 24.5. The van der Waals surface area contributed by atoms with Crippen LogP contribution in [0.2, 0.25) is 0 Å². The number of rotatable bonds is 5. The second-order valence-electron chi connectivity index (χ2n) is 6.19. The maximum Gasteiger partial charge on any atom is 0.325 e. The molecule has 0 bridgehead atoms. The number of nitrogens with one attached hydrogen (secondary N) is 1. The van der Waals surface area contributed by atoms with Crippen molar-refractivity contribution in [3.63, 3.8) is 0 Å². The smallest absolute Gasteiger partial charge is 0.325 e. The highest BCUT2D eigenvalue weighted by molar-refractivity contribution is 5.80. The molecule has 0 aromatic heterocycles. The van der Waals surface area contributed by atoms with E-state index in [0.717, 1.165) is 19.8 Å². The van der Waals surface area contributed by atoms with Crippen LogP contribution in [0.25, 0.3) is 0 Å². The summed E-state index contributed by atoms with van der Waals surface area (Å²) in [7, 11) is 3.23. The zero-order valence-electron chi connectivity index (χ0n) is 13.1. The first-order valence-electron chi connectivity index (χ1n) is 6.88. The summed E-state index contributed by atoms with van der Waals surface area (Å²) < 4.78 is 10.4. The molecule has 1 aliphatic rings. The Morgan fingerprint density at radius 2 is 2.21 bits per heavy atom. The molecule has 0 saturated carbocycles. The third-order valence-corrected chi connectivity index (χ3v) is 4.13. The Morgan fingerprint density at radius 3 is 2.68 bits per heavy atom. The maximum atomic E-state index is 11.9. The van der Waals surface area contributed by atoms with Gasteiger partial charge in [-0.1, -0.05) is 0 Å². The van der Waals surface area contributed by atoms with Crippen molar-refractivity contribution in [2.24, 2.45) is 0 Å². The molecule has 1 heterocycles. The highest BCUT2D eigenvalue weighted by Gasteiger charge is 2.40. The van der Waals surface area contributed by atoms with Crippen molar-refractivity contribution in [3.05, 3.63) is 0 Å². The molecule has 5 nitrogen and oxygen atoms in total. The predicted molar refractivity (Wildman–Crippen MR) is 75.2 cm³/mol. The lowest BCUT2D eigenvalue weighted by atomic mass is 9.90. The van der Waals surface area contributed by atoms with Gasteiger partial charge >= 0.3 is 5.97 Å². The molecule has 112 valence electrons. The fraction of sp³-hybridized carbons (Fsp3) is 0.929. The highest BCUT2D eigenvalue weighted by atomic mass is 16.5. The number of hydrogen-bond acceptors (Lipinski definition) is 5. The molecule has 0 spiro atoms. The Bertz CT molecular complexity index is 320. The van der Waals surface area contributed by atoms with Gasteiger partial charge in [0.05, 0.1) is 20.3 Å². The topological polar surface area (TPSA) is 50.8 Å². The van der Waals surface area contributed by atoms with Crippen LogP contribution in [0.3, 0.4) is 0 Å². The molecule has 2 atom stereocenters. The van der Waals surface area contributed by atoms with Crippen LogP contribution in [0, 0.1) is 0 Å². The summed E-state index contributed by atoms with van der Waals surface area (Å²) in [5.74, 6) is -0.215. The summed E-state index contributed by atoms with van der Waals surface area (Å²) in [6.07, 6.45) is 0.708. The number of hydrogen-bond donors (Lipinski definition) is 1. The molecular formula is C14H28N2O3. The molecule has 1 aliphatic heterocycles. The van der Waals surface area contributed by atoms with Gasteiger partial charge in [-0.15, -0.1) is 0 Å². The Kier molecular flexibility index (Phi) is 5.35. The Balaban J connectivity index is 2.77. The molecule has 0 amide bonds. The van der Waals surface area contributed by atoms with Crippen LogP contribution in [0.5, 0.6) is 0 Å². The Labute approximate surface area is 116 Å². The van der Waals surface area contributed by atoms with E-state index in [-0.39, 0.29) is 17.6 Å². The van der Waals surface area contributed by atoms with E-state index in [1.54, 1.807) is 7.05 Å². The van der Waals surface area contributed by atoms with Crippen LogP contribution in [0.4, 0.5) is 0 Å². The molecule has 19 heavy (non-hydrogen) atoms. The van der Waals surface area contributed by atoms with Gasteiger partial charge in [-0.2, -0.15) is 0 Å². The lowest BCUT2D eigenvalue weighted by molar-refractivity contribution is -0.149. The van der Waals surface area contributed by atoms with E-state index in [1.807, 2.05) is 6.92 Å². The van der Waals surface area contributed by atoms with Crippen molar-refractivity contribution in [2.75, 3.05) is 33.9 Å². The first-order chi connectivity index (χ1) is 8.77. The van der Waals surface area contributed by atoms with E-state index in [4.69, 9.17) is 9.47 Å². The molecule has 1 rings (SSSR count). The molecular weight excluding hydrogens is 244 g/mol. The number of esters is 1. The maximum absolute atomic E-state index is 11.9. The standard InChI is InChI=1S/C14H28N2O3/c1-11(9-14(4,15-5)12(17)18-6)16-7-8-19-10-13(16,2)3/h11,15H,7-10H2,1-6H3. The van der Waals surface area contributed by atoms with E-state index in [0.29, 0.717) is 6.42 Å². The van der Waals surface area contributed by atoms with Crippen molar-refractivity contribution in [1.82, 2.24) is 10.2 Å². The van der Waals surface area contributed by atoms with Gasteiger partial charge in [0, 0.05) is 18.1 Å². The summed E-state index contributed by atoms with van der Waals surface area (Å²) in [5.41, 5.74) is -0.648. The summed E-state index contributed by atoms with van der Waals surface area (Å²) in [6, 6.07) is 0.274. The van der Waals surface area contributed by atoms with Crippen molar-refractivity contribution in [1.29, 1.82) is 0 Å². The van der Waals surface area contributed by atoms with Crippen LogP contribution < -0.4 is 5.32 Å². The number of nitrogens with zero attached hydrogens (tertiary/aromatic N) is 1. The largest absolute Gasteiger partial charge is 0.468 e. The average Bonchev–Trinajstić information content (AvgIpc) is 2.36. The van der Waals surface area contributed by atoms with Crippen LogP contribution in [0.1, 0.15) is 34.1 Å². The Morgan fingerprint density at radius 1 is 1.58 bits per heavy atom. The third kappa shape index (κ3) is 3.68. The summed E-state index contributed by atoms with van der Waals surface area (Å²) in [5, 5.41) is 3.09. The minimum absolute atomic E-state index is 0.00242. The van der Waals surface area contributed by atoms with Gasteiger partial charge in [-0.3, -0.25) is 9.69 Å². The van der Waals surface area contributed by atoms with Gasteiger partial charge in [0.25, 0.3) is 0 Å². The van der Waals surface area contributed by atoms with Gasteiger partial charge in [0.1, 0.15) is 5.54 Å². The van der Waals surface area contributed by atoms with E-state index in [9.17, 15) is 4.79 Å². The predicted octanol–water partition coefficient (Wildman–Crippen LogP) is 1.03. The average molecular weight is 272 g/mol. The first kappa shape index (κ1) is 16.4. The summed E-state index contributed by atoms with van der Waals surface area (Å²) in [6.45, 7) is 10.8. The monoisotopic (exact) mass is 272 g/mol. The van der Waals surface area contributed by atoms with E-state index < -0.39 is 5.54 Å². The lowest BCUT2D eigenvalue weighted by Gasteiger charge is -2.47. The fourth-order valence-electron chi connectivity index (χ4n) is 2.90. The second-order valence-corrected chi connectivity index (χ2v) is 6.19. The molecule has 1 saturated heterocycles. The number of carbonyl (C=O) groups excluding carboxylic acids is 1. The number of morpholine rings is 1. The van der Waals surface area contributed by atoms with Crippen molar-refractivity contribution in [3.8, 4) is 0 Å². The SMILES string of the molecule is CNC(C)(CC(C)N1CCOCC1(C)C)C(=O)OC. The molecule has 1 fully saturated rings. The quantitative estimate of drug-likeness (QED) is 0.758. The van der Waals surface area contributed by atoms with Crippen molar-refractivity contribution in [2.45, 2.75) is 51.2 Å². The molecule has 0 radical (unpaired) electrons. The first-order valence-corrected chi connectivity index (χ1v) is 6.88. The highest BCUT2D eigenvalue weighted by Crippen LogP contribution is 2.26. The van der Waals surface area contributed by atoms with E-state index in [2.05, 4.69) is 31.0 Å². The van der Waals surface area contributed by atoms with Crippen molar-refractivity contribution < 1.29 is 14.3 Å². The second kappa shape index (κ2) is 6.20. The third-order valence-electron chi connectivity index (χ3n) is 4.13. The van der Waals surface area contributed by atoms with Gasteiger partial charge < -0.3 is 14.8 Å². The summed E-state index contributed by atoms with van der Waals surface area (Å²) in [4.78, 5) is 14.3.